The maximum atomic E-state index is 9.05. The summed E-state index contributed by atoms with van der Waals surface area (Å²) in [4.78, 5) is 6.32. The molecule has 0 saturated carbocycles. The highest BCUT2D eigenvalue weighted by atomic mass is 35.5. The minimum atomic E-state index is 0.0302. The van der Waals surface area contributed by atoms with Crippen LogP contribution in [0.3, 0.4) is 0 Å². The molecule has 0 aliphatic carbocycles. The third-order valence-electron chi connectivity index (χ3n) is 4.11. The maximum absolute atomic E-state index is 9.05. The van der Waals surface area contributed by atoms with Crippen molar-refractivity contribution in [2.24, 2.45) is 0 Å². The lowest BCUT2D eigenvalue weighted by Crippen LogP contribution is -2.26. The summed E-state index contributed by atoms with van der Waals surface area (Å²) in [7, 11) is 0. The highest BCUT2D eigenvalue weighted by molar-refractivity contribution is 6.31. The Balaban J connectivity index is 1.48. The molecule has 1 aromatic carbocycles. The van der Waals surface area contributed by atoms with E-state index in [4.69, 9.17) is 26.2 Å². The van der Waals surface area contributed by atoms with Crippen molar-refractivity contribution in [3.8, 4) is 11.6 Å². The summed E-state index contributed by atoms with van der Waals surface area (Å²) >= 11 is 6.09. The second-order valence-electron chi connectivity index (χ2n) is 5.92. The lowest BCUT2D eigenvalue weighted by Gasteiger charge is -2.21. The smallest absolute Gasteiger partial charge is 0.232 e. The third kappa shape index (κ3) is 4.65. The molecule has 1 aliphatic heterocycles. The number of likely N-dealkylation sites (tertiary alicyclic amines) is 1. The van der Waals surface area contributed by atoms with Crippen LogP contribution in [-0.2, 0) is 6.61 Å². The summed E-state index contributed by atoms with van der Waals surface area (Å²) in [6.45, 7) is 6.15. The summed E-state index contributed by atoms with van der Waals surface area (Å²) in [5, 5.41) is 9.57. The van der Waals surface area contributed by atoms with E-state index in [1.807, 2.05) is 24.3 Å². The summed E-state index contributed by atoms with van der Waals surface area (Å²) in [5.74, 6) is 1.23. The highest BCUT2D eigenvalue weighted by Crippen LogP contribution is 2.25. The van der Waals surface area contributed by atoms with Gasteiger partial charge in [0.25, 0.3) is 0 Å². The number of nitrogens with zero attached hydrogens (tertiary/aromatic N) is 2. The molecule has 1 N–H and O–H groups in total. The second kappa shape index (κ2) is 8.23. The number of hydrogen-bond acceptors (Lipinski definition) is 5. The van der Waals surface area contributed by atoms with E-state index in [0.29, 0.717) is 17.5 Å². The number of benzene rings is 1. The Hall–Kier alpha value is -2.24. The molecule has 1 unspecified atom stereocenters. The highest BCUT2D eigenvalue weighted by Gasteiger charge is 2.26. The van der Waals surface area contributed by atoms with Crippen LogP contribution in [0.4, 0.5) is 0 Å². The van der Waals surface area contributed by atoms with E-state index in [1.54, 1.807) is 18.3 Å². The average Bonchev–Trinajstić information content (AvgIpc) is 3.11. The van der Waals surface area contributed by atoms with Gasteiger partial charge in [-0.25, -0.2) is 4.98 Å². The number of ether oxygens (including phenoxy) is 2. The van der Waals surface area contributed by atoms with Gasteiger partial charge in [0.1, 0.15) is 23.5 Å². The van der Waals surface area contributed by atoms with Crippen molar-refractivity contribution in [3.05, 3.63) is 65.5 Å². The molecule has 2 aromatic rings. The van der Waals surface area contributed by atoms with E-state index in [9.17, 15) is 0 Å². The second-order valence-corrected chi connectivity index (χ2v) is 6.33. The Morgan fingerprint density at radius 2 is 2.12 bits per heavy atom. The first kappa shape index (κ1) is 17.6. The van der Waals surface area contributed by atoms with Gasteiger partial charge in [0.15, 0.2) is 0 Å². The van der Waals surface area contributed by atoms with Crippen molar-refractivity contribution in [1.29, 1.82) is 0 Å². The van der Waals surface area contributed by atoms with Gasteiger partial charge in [-0.3, -0.25) is 0 Å². The molecule has 1 fully saturated rings. The normalized spacial score (nSPS) is 16.7. The molecule has 6 heteroatoms. The molecule has 25 heavy (non-hydrogen) atoms. The van der Waals surface area contributed by atoms with Crippen molar-refractivity contribution in [2.45, 2.75) is 19.1 Å². The van der Waals surface area contributed by atoms with Crippen molar-refractivity contribution in [3.63, 3.8) is 0 Å². The fourth-order valence-corrected chi connectivity index (χ4v) is 2.84. The Kier molecular flexibility index (Phi) is 5.79. The molecular formula is C19H21ClN2O3. The molecule has 1 atom stereocenters. The van der Waals surface area contributed by atoms with Gasteiger partial charge in [-0.1, -0.05) is 30.3 Å². The van der Waals surface area contributed by atoms with E-state index in [0.717, 1.165) is 36.5 Å². The van der Waals surface area contributed by atoms with Crippen molar-refractivity contribution >= 4 is 11.6 Å². The van der Waals surface area contributed by atoms with Gasteiger partial charge < -0.3 is 19.5 Å². The van der Waals surface area contributed by atoms with Crippen LogP contribution < -0.4 is 9.47 Å². The number of halogens is 1. The molecule has 5 nitrogen and oxygen atoms in total. The first-order valence-electron chi connectivity index (χ1n) is 8.18. The lowest BCUT2D eigenvalue weighted by molar-refractivity contribution is 0.197. The molecule has 0 spiro atoms. The fourth-order valence-electron chi connectivity index (χ4n) is 2.68. The predicted molar refractivity (Wildman–Crippen MR) is 96.9 cm³/mol. The molecule has 0 amide bonds. The van der Waals surface area contributed by atoms with Gasteiger partial charge in [-0.2, -0.15) is 0 Å². The maximum Gasteiger partial charge on any atom is 0.232 e. The van der Waals surface area contributed by atoms with Crippen LogP contribution in [0, 0.1) is 0 Å². The minimum Gasteiger partial charge on any atom is -0.487 e. The number of aromatic nitrogens is 1. The monoisotopic (exact) mass is 360 g/mol. The van der Waals surface area contributed by atoms with E-state index in [2.05, 4.69) is 16.5 Å². The number of hydrogen-bond donors (Lipinski definition) is 1. The molecule has 1 aliphatic rings. The fraction of sp³-hybridized carbons (Fsp3) is 0.316. The Morgan fingerprint density at radius 3 is 2.84 bits per heavy atom. The molecule has 0 bridgehead atoms. The minimum absolute atomic E-state index is 0.0302. The molecular weight excluding hydrogens is 340 g/mol. The molecule has 2 heterocycles. The summed E-state index contributed by atoms with van der Waals surface area (Å²) in [5.41, 5.74) is 1.77. The van der Waals surface area contributed by atoms with Crippen LogP contribution in [0.25, 0.3) is 0 Å². The topological polar surface area (TPSA) is 54.8 Å². The summed E-state index contributed by atoms with van der Waals surface area (Å²) in [6.07, 6.45) is 2.59. The van der Waals surface area contributed by atoms with Crippen LogP contribution in [0.5, 0.6) is 11.6 Å². The van der Waals surface area contributed by atoms with Crippen LogP contribution >= 0.6 is 11.6 Å². The molecule has 1 aromatic heterocycles. The van der Waals surface area contributed by atoms with E-state index in [1.165, 1.54) is 0 Å². The SMILES string of the molecule is C=C(COc1ccc(CO)cc1)N1CCC(Oc2ncccc2Cl)C1. The van der Waals surface area contributed by atoms with E-state index in [-0.39, 0.29) is 12.7 Å². The molecule has 0 radical (unpaired) electrons. The van der Waals surface area contributed by atoms with Crippen LogP contribution in [-0.4, -0.2) is 40.8 Å². The zero-order valence-electron chi connectivity index (χ0n) is 13.9. The number of pyridine rings is 1. The van der Waals surface area contributed by atoms with Gasteiger partial charge in [0.2, 0.25) is 5.88 Å². The van der Waals surface area contributed by atoms with Gasteiger partial charge in [-0.15, -0.1) is 0 Å². The number of rotatable bonds is 7. The van der Waals surface area contributed by atoms with Crippen LogP contribution in [0.2, 0.25) is 5.02 Å². The predicted octanol–water partition coefficient (Wildman–Crippen LogP) is 3.27. The van der Waals surface area contributed by atoms with Crippen LogP contribution in [0.1, 0.15) is 12.0 Å². The molecule has 1 saturated heterocycles. The molecule has 132 valence electrons. The van der Waals surface area contributed by atoms with Gasteiger partial charge >= 0.3 is 0 Å². The Bertz CT molecular complexity index is 721. The summed E-state index contributed by atoms with van der Waals surface area (Å²) in [6, 6.07) is 10.9. The van der Waals surface area contributed by atoms with Gasteiger partial charge in [-0.05, 0) is 29.8 Å². The zero-order chi connectivity index (χ0) is 17.6. The van der Waals surface area contributed by atoms with Gasteiger partial charge in [0.05, 0.1) is 13.2 Å². The number of aliphatic hydroxyl groups excluding tert-OH is 1. The first-order chi connectivity index (χ1) is 12.2. The van der Waals surface area contributed by atoms with E-state index >= 15 is 0 Å². The van der Waals surface area contributed by atoms with Crippen molar-refractivity contribution < 1.29 is 14.6 Å². The standard InChI is InChI=1S/C19H21ClN2O3/c1-14(13-24-16-6-4-15(12-23)5-7-16)22-10-8-17(11-22)25-19-18(20)3-2-9-21-19/h2-7,9,17,23H,1,8,10-13H2. The number of aliphatic hydroxyl groups is 1. The Labute approximate surface area is 152 Å². The Morgan fingerprint density at radius 1 is 1.32 bits per heavy atom. The van der Waals surface area contributed by atoms with E-state index < -0.39 is 0 Å². The zero-order valence-corrected chi connectivity index (χ0v) is 14.7. The van der Waals surface area contributed by atoms with Crippen molar-refractivity contribution in [2.75, 3.05) is 19.7 Å². The average molecular weight is 361 g/mol. The summed E-state index contributed by atoms with van der Waals surface area (Å²) < 4.78 is 11.6. The molecule has 3 rings (SSSR count). The van der Waals surface area contributed by atoms with Gasteiger partial charge in [0, 0.05) is 24.9 Å². The first-order valence-corrected chi connectivity index (χ1v) is 8.56. The lowest BCUT2D eigenvalue weighted by atomic mass is 10.2. The van der Waals surface area contributed by atoms with Crippen LogP contribution in [0.15, 0.2) is 54.9 Å². The van der Waals surface area contributed by atoms with Crippen molar-refractivity contribution in [1.82, 2.24) is 9.88 Å². The third-order valence-corrected chi connectivity index (χ3v) is 4.39. The quantitative estimate of drug-likeness (QED) is 0.821. The largest absolute Gasteiger partial charge is 0.487 e.